The molecule has 1 aromatic carbocycles. The van der Waals surface area contributed by atoms with Gasteiger partial charge >= 0.3 is 18.0 Å². The number of carbonyl (C=O) groups is 4. The van der Waals surface area contributed by atoms with E-state index in [1.807, 2.05) is 6.07 Å². The molecule has 2 unspecified atom stereocenters. The molecule has 1 aromatic rings. The number of amides is 2. The van der Waals surface area contributed by atoms with Crippen LogP contribution in [0, 0.1) is 0 Å². The van der Waals surface area contributed by atoms with Crippen molar-refractivity contribution in [1.82, 2.24) is 10.6 Å². The Morgan fingerprint density at radius 3 is 2.21 bits per heavy atom. The second kappa shape index (κ2) is 10.3. The predicted molar refractivity (Wildman–Crippen MR) is 99.3 cm³/mol. The molecule has 28 heavy (non-hydrogen) atoms. The molecule has 0 aliphatic heterocycles. The van der Waals surface area contributed by atoms with Crippen LogP contribution in [0.15, 0.2) is 30.3 Å². The summed E-state index contributed by atoms with van der Waals surface area (Å²) in [5, 5.41) is 13.7. The lowest BCUT2D eigenvalue weighted by Gasteiger charge is -2.22. The van der Waals surface area contributed by atoms with E-state index < -0.39 is 48.0 Å². The van der Waals surface area contributed by atoms with Crippen LogP contribution in [0.1, 0.15) is 39.7 Å². The minimum absolute atomic E-state index is 0.0252. The Morgan fingerprint density at radius 1 is 1.07 bits per heavy atom. The minimum Gasteiger partial charge on any atom is -0.480 e. The maximum absolute atomic E-state index is 12.1. The number of ether oxygens (including phenoxy) is 2. The van der Waals surface area contributed by atoms with Gasteiger partial charge in [-0.05, 0) is 33.3 Å². The number of hydrogen-bond donors (Lipinski definition) is 3. The Balaban J connectivity index is 2.51. The SMILES string of the molecule is CC(NC(=O)OCc1ccccc1)C(=O)NC(CC(=O)OC(C)(C)C)C(=O)O. The fourth-order valence-corrected chi connectivity index (χ4v) is 2.05. The summed E-state index contributed by atoms with van der Waals surface area (Å²) >= 11 is 0. The largest absolute Gasteiger partial charge is 0.480 e. The van der Waals surface area contributed by atoms with Crippen molar-refractivity contribution in [3.05, 3.63) is 35.9 Å². The monoisotopic (exact) mass is 394 g/mol. The lowest BCUT2D eigenvalue weighted by molar-refractivity contribution is -0.158. The van der Waals surface area contributed by atoms with E-state index in [1.54, 1.807) is 45.0 Å². The van der Waals surface area contributed by atoms with Gasteiger partial charge in [0, 0.05) is 0 Å². The smallest absolute Gasteiger partial charge is 0.408 e. The van der Waals surface area contributed by atoms with Gasteiger partial charge in [0.05, 0.1) is 6.42 Å². The Hall–Kier alpha value is -3.10. The molecule has 3 N–H and O–H groups in total. The van der Waals surface area contributed by atoms with Crippen molar-refractivity contribution in [2.24, 2.45) is 0 Å². The first-order chi connectivity index (χ1) is 13.0. The predicted octanol–water partition coefficient (Wildman–Crippen LogP) is 1.60. The maximum atomic E-state index is 12.1. The third kappa shape index (κ3) is 9.02. The highest BCUT2D eigenvalue weighted by molar-refractivity contribution is 5.90. The molecule has 0 aliphatic carbocycles. The summed E-state index contributed by atoms with van der Waals surface area (Å²) in [6.45, 7) is 6.33. The van der Waals surface area contributed by atoms with Crippen molar-refractivity contribution >= 4 is 23.9 Å². The number of carboxylic acid groups (broad SMARTS) is 1. The quantitative estimate of drug-likeness (QED) is 0.571. The molecule has 0 heterocycles. The summed E-state index contributed by atoms with van der Waals surface area (Å²) in [7, 11) is 0. The molecule has 2 amide bonds. The van der Waals surface area contributed by atoms with Crippen LogP contribution in [0.25, 0.3) is 0 Å². The zero-order valence-electron chi connectivity index (χ0n) is 16.4. The number of carboxylic acids is 1. The molecule has 154 valence electrons. The highest BCUT2D eigenvalue weighted by atomic mass is 16.6. The number of alkyl carbamates (subject to hydrolysis) is 1. The van der Waals surface area contributed by atoms with Gasteiger partial charge in [0.1, 0.15) is 24.3 Å². The van der Waals surface area contributed by atoms with Crippen molar-refractivity contribution in [3.63, 3.8) is 0 Å². The zero-order valence-corrected chi connectivity index (χ0v) is 16.4. The summed E-state index contributed by atoms with van der Waals surface area (Å²) in [5.74, 6) is -2.92. The molecule has 0 bridgehead atoms. The summed E-state index contributed by atoms with van der Waals surface area (Å²) < 4.78 is 10.1. The van der Waals surface area contributed by atoms with Gasteiger partial charge in [0.2, 0.25) is 5.91 Å². The molecule has 0 saturated heterocycles. The number of aliphatic carboxylic acids is 1. The highest BCUT2D eigenvalue weighted by Crippen LogP contribution is 2.09. The molecule has 9 heteroatoms. The zero-order chi connectivity index (χ0) is 21.3. The Kier molecular flexibility index (Phi) is 8.43. The van der Waals surface area contributed by atoms with Gasteiger partial charge in [-0.3, -0.25) is 9.59 Å². The normalized spacial score (nSPS) is 13.0. The third-order valence-corrected chi connectivity index (χ3v) is 3.35. The van der Waals surface area contributed by atoms with E-state index in [9.17, 15) is 24.3 Å². The van der Waals surface area contributed by atoms with Crippen LogP contribution in [-0.4, -0.2) is 46.7 Å². The second-order valence-corrected chi connectivity index (χ2v) is 7.12. The Bertz CT molecular complexity index is 698. The molecule has 0 saturated carbocycles. The van der Waals surface area contributed by atoms with E-state index in [-0.39, 0.29) is 6.61 Å². The van der Waals surface area contributed by atoms with Crippen molar-refractivity contribution < 1.29 is 33.8 Å². The summed E-state index contributed by atoms with van der Waals surface area (Å²) in [5.41, 5.74) is -0.000307. The molecule has 9 nitrogen and oxygen atoms in total. The fourth-order valence-electron chi connectivity index (χ4n) is 2.05. The summed E-state index contributed by atoms with van der Waals surface area (Å²) in [4.78, 5) is 47.0. The fraction of sp³-hybridized carbons (Fsp3) is 0.474. The molecule has 1 rings (SSSR count). The van der Waals surface area contributed by atoms with Crippen molar-refractivity contribution in [1.29, 1.82) is 0 Å². The first kappa shape index (κ1) is 22.9. The molecule has 0 radical (unpaired) electrons. The second-order valence-electron chi connectivity index (χ2n) is 7.12. The highest BCUT2D eigenvalue weighted by Gasteiger charge is 2.28. The van der Waals surface area contributed by atoms with E-state index >= 15 is 0 Å². The van der Waals surface area contributed by atoms with Gasteiger partial charge < -0.3 is 25.2 Å². The van der Waals surface area contributed by atoms with Crippen LogP contribution in [0.2, 0.25) is 0 Å². The van der Waals surface area contributed by atoms with Crippen LogP contribution in [0.4, 0.5) is 4.79 Å². The van der Waals surface area contributed by atoms with E-state index in [1.165, 1.54) is 6.92 Å². The molecular formula is C19H26N2O7. The van der Waals surface area contributed by atoms with Crippen LogP contribution in [-0.2, 0) is 30.5 Å². The van der Waals surface area contributed by atoms with Gasteiger partial charge in [0.15, 0.2) is 0 Å². The van der Waals surface area contributed by atoms with E-state index in [4.69, 9.17) is 9.47 Å². The average molecular weight is 394 g/mol. The lowest BCUT2D eigenvalue weighted by atomic mass is 10.1. The maximum Gasteiger partial charge on any atom is 0.408 e. The van der Waals surface area contributed by atoms with Crippen LogP contribution >= 0.6 is 0 Å². The third-order valence-electron chi connectivity index (χ3n) is 3.35. The molecule has 0 aliphatic rings. The Morgan fingerprint density at radius 2 is 1.68 bits per heavy atom. The van der Waals surface area contributed by atoms with Gasteiger partial charge in [-0.1, -0.05) is 30.3 Å². The van der Waals surface area contributed by atoms with Gasteiger partial charge in [-0.15, -0.1) is 0 Å². The van der Waals surface area contributed by atoms with E-state index in [2.05, 4.69) is 10.6 Å². The molecule has 0 aromatic heterocycles. The van der Waals surface area contributed by atoms with Crippen molar-refractivity contribution in [2.75, 3.05) is 0 Å². The number of carbonyl (C=O) groups excluding carboxylic acids is 3. The summed E-state index contributed by atoms with van der Waals surface area (Å²) in [6, 6.07) is 6.42. The van der Waals surface area contributed by atoms with Crippen molar-refractivity contribution in [3.8, 4) is 0 Å². The topological polar surface area (TPSA) is 131 Å². The first-order valence-corrected chi connectivity index (χ1v) is 8.70. The number of benzene rings is 1. The van der Waals surface area contributed by atoms with Crippen LogP contribution < -0.4 is 10.6 Å². The average Bonchev–Trinajstić information content (AvgIpc) is 2.58. The first-order valence-electron chi connectivity index (χ1n) is 8.70. The molecule has 0 fully saturated rings. The molecule has 0 spiro atoms. The number of hydrogen-bond acceptors (Lipinski definition) is 6. The number of rotatable bonds is 8. The molecular weight excluding hydrogens is 368 g/mol. The van der Waals surface area contributed by atoms with Gasteiger partial charge in [-0.25, -0.2) is 9.59 Å². The lowest BCUT2D eigenvalue weighted by Crippen LogP contribution is -2.51. The van der Waals surface area contributed by atoms with E-state index in [0.29, 0.717) is 0 Å². The minimum atomic E-state index is -1.48. The number of nitrogens with one attached hydrogen (secondary N) is 2. The van der Waals surface area contributed by atoms with Gasteiger partial charge in [0.25, 0.3) is 0 Å². The standard InChI is InChI=1S/C19H26N2O7/c1-12(20-18(26)27-11-13-8-6-5-7-9-13)16(23)21-14(17(24)25)10-15(22)28-19(2,3)4/h5-9,12,14H,10-11H2,1-4H3,(H,20,26)(H,21,23)(H,24,25). The van der Waals surface area contributed by atoms with Gasteiger partial charge in [-0.2, -0.15) is 0 Å². The van der Waals surface area contributed by atoms with Crippen molar-refractivity contribution in [2.45, 2.75) is 58.4 Å². The van der Waals surface area contributed by atoms with E-state index in [0.717, 1.165) is 5.56 Å². The van der Waals surface area contributed by atoms with Crippen LogP contribution in [0.3, 0.4) is 0 Å². The number of esters is 1. The summed E-state index contributed by atoms with van der Waals surface area (Å²) in [6.07, 6.45) is -1.37. The Labute approximate surface area is 163 Å². The molecule has 2 atom stereocenters. The van der Waals surface area contributed by atoms with Crippen LogP contribution in [0.5, 0.6) is 0 Å².